The minimum Gasteiger partial charge on any atom is -0.497 e. The number of aromatic nitrogens is 2. The second kappa shape index (κ2) is 14.1. The molecule has 0 aliphatic carbocycles. The van der Waals surface area contributed by atoms with E-state index in [1.165, 1.54) is 55.5 Å². The van der Waals surface area contributed by atoms with E-state index in [9.17, 15) is 27.6 Å². The van der Waals surface area contributed by atoms with Gasteiger partial charge in [0.25, 0.3) is 5.91 Å². The molecule has 4 rings (SSSR count). The molecule has 0 fully saturated rings. The summed E-state index contributed by atoms with van der Waals surface area (Å²) < 4.78 is 50.9. The van der Waals surface area contributed by atoms with E-state index in [0.29, 0.717) is 5.82 Å². The standard InChI is InChI=1S/C31H26BrF3N4O5/c1-43-25-12-9-22(26(14-25)31(33,34)35)13-27(40)38-24-10-7-21(8-11-24)30(42)39(18-28(41)44-2)17-19-3-5-20(6-4-19)29-36-15-23(32)16-37-29/h3-12,14-16H,13,17-18H2,1-2H3,(H,38,40). The van der Waals surface area contributed by atoms with Crippen molar-refractivity contribution < 1.29 is 37.0 Å². The van der Waals surface area contributed by atoms with Crippen molar-refractivity contribution in [2.45, 2.75) is 19.1 Å². The number of rotatable bonds is 10. The van der Waals surface area contributed by atoms with Crippen molar-refractivity contribution in [3.63, 3.8) is 0 Å². The molecule has 0 saturated heterocycles. The Morgan fingerprint density at radius 1 is 0.932 bits per heavy atom. The van der Waals surface area contributed by atoms with Crippen LogP contribution >= 0.6 is 15.9 Å². The van der Waals surface area contributed by atoms with Crippen LogP contribution in [0.15, 0.2) is 83.6 Å². The number of carbonyl (C=O) groups excluding carboxylic acids is 3. The van der Waals surface area contributed by atoms with E-state index in [-0.39, 0.29) is 35.7 Å². The fraction of sp³-hybridized carbons (Fsp3) is 0.194. The van der Waals surface area contributed by atoms with Gasteiger partial charge in [0, 0.05) is 35.8 Å². The normalized spacial score (nSPS) is 11.0. The lowest BCUT2D eigenvalue weighted by atomic mass is 10.0. The third-order valence-corrected chi connectivity index (χ3v) is 6.84. The Morgan fingerprint density at radius 3 is 2.18 bits per heavy atom. The van der Waals surface area contributed by atoms with Crippen LogP contribution in [-0.4, -0.2) is 53.4 Å². The Labute approximate surface area is 259 Å². The number of benzene rings is 3. The predicted octanol–water partition coefficient (Wildman–Crippen LogP) is 5.93. The maximum Gasteiger partial charge on any atom is 0.416 e. The number of methoxy groups -OCH3 is 2. The van der Waals surface area contributed by atoms with Gasteiger partial charge >= 0.3 is 12.1 Å². The monoisotopic (exact) mass is 670 g/mol. The molecule has 3 aromatic carbocycles. The number of nitrogens with zero attached hydrogens (tertiary/aromatic N) is 3. The highest BCUT2D eigenvalue weighted by atomic mass is 79.9. The minimum atomic E-state index is -4.67. The predicted molar refractivity (Wildman–Crippen MR) is 159 cm³/mol. The molecule has 0 spiro atoms. The highest BCUT2D eigenvalue weighted by molar-refractivity contribution is 9.10. The first-order valence-corrected chi connectivity index (χ1v) is 13.8. The molecule has 9 nitrogen and oxygen atoms in total. The van der Waals surface area contributed by atoms with E-state index in [2.05, 4.69) is 31.2 Å². The number of hydrogen-bond donors (Lipinski definition) is 1. The number of alkyl halides is 3. The molecule has 0 bridgehead atoms. The van der Waals surface area contributed by atoms with Crippen molar-refractivity contribution in [3.05, 3.63) is 106 Å². The fourth-order valence-corrected chi connectivity index (χ4v) is 4.42. The zero-order chi connectivity index (χ0) is 31.9. The van der Waals surface area contributed by atoms with Crippen LogP contribution in [0.3, 0.4) is 0 Å². The largest absolute Gasteiger partial charge is 0.497 e. The summed E-state index contributed by atoms with van der Waals surface area (Å²) in [5.74, 6) is -1.21. The van der Waals surface area contributed by atoms with Crippen LogP contribution in [-0.2, 0) is 33.5 Å². The zero-order valence-electron chi connectivity index (χ0n) is 23.5. The number of esters is 1. The highest BCUT2D eigenvalue weighted by Gasteiger charge is 2.34. The van der Waals surface area contributed by atoms with Crippen molar-refractivity contribution in [1.29, 1.82) is 0 Å². The average molecular weight is 671 g/mol. The molecule has 1 heterocycles. The third kappa shape index (κ3) is 8.40. The van der Waals surface area contributed by atoms with Crippen molar-refractivity contribution in [2.75, 3.05) is 26.1 Å². The Bertz CT molecular complexity index is 1630. The molecular formula is C31H26BrF3N4O5. The van der Waals surface area contributed by atoms with Gasteiger partial charge in [0.05, 0.1) is 30.7 Å². The van der Waals surface area contributed by atoms with Crippen molar-refractivity contribution in [3.8, 4) is 17.1 Å². The SMILES string of the molecule is COC(=O)CN(Cc1ccc(-c2ncc(Br)cn2)cc1)C(=O)c1ccc(NC(=O)Cc2ccc(OC)cc2C(F)(F)F)cc1. The summed E-state index contributed by atoms with van der Waals surface area (Å²) in [6.07, 6.45) is -1.93. The lowest BCUT2D eigenvalue weighted by Crippen LogP contribution is -2.35. The number of hydrogen-bond acceptors (Lipinski definition) is 7. The maximum absolute atomic E-state index is 13.5. The Kier molecular flexibility index (Phi) is 10.3. The lowest BCUT2D eigenvalue weighted by molar-refractivity contribution is -0.141. The number of ether oxygens (including phenoxy) is 2. The Hall–Kier alpha value is -4.78. The average Bonchev–Trinajstić information content (AvgIpc) is 3.01. The van der Waals surface area contributed by atoms with E-state index < -0.39 is 35.9 Å². The summed E-state index contributed by atoms with van der Waals surface area (Å²) in [4.78, 5) is 47.9. The van der Waals surface area contributed by atoms with Crippen molar-refractivity contribution >= 4 is 39.4 Å². The number of anilines is 1. The molecule has 13 heteroatoms. The fourth-order valence-electron chi connectivity index (χ4n) is 4.22. The van der Waals surface area contributed by atoms with Crippen LogP contribution in [0.25, 0.3) is 11.4 Å². The highest BCUT2D eigenvalue weighted by Crippen LogP contribution is 2.34. The van der Waals surface area contributed by atoms with Crippen molar-refractivity contribution in [2.24, 2.45) is 0 Å². The summed E-state index contributed by atoms with van der Waals surface area (Å²) >= 11 is 3.30. The molecule has 44 heavy (non-hydrogen) atoms. The smallest absolute Gasteiger partial charge is 0.416 e. The van der Waals surface area contributed by atoms with Gasteiger partial charge in [0.2, 0.25) is 5.91 Å². The van der Waals surface area contributed by atoms with Crippen LogP contribution in [0.1, 0.15) is 27.0 Å². The van der Waals surface area contributed by atoms with Gasteiger partial charge in [-0.1, -0.05) is 30.3 Å². The number of carbonyl (C=O) groups is 3. The van der Waals surface area contributed by atoms with Crippen LogP contribution < -0.4 is 10.1 Å². The van der Waals surface area contributed by atoms with Gasteiger partial charge in [0.1, 0.15) is 12.3 Å². The van der Waals surface area contributed by atoms with E-state index in [4.69, 9.17) is 9.47 Å². The van der Waals surface area contributed by atoms with Crippen LogP contribution in [0.5, 0.6) is 5.75 Å². The first-order valence-electron chi connectivity index (χ1n) is 13.0. The van der Waals surface area contributed by atoms with Gasteiger partial charge in [-0.2, -0.15) is 13.2 Å². The molecule has 1 N–H and O–H groups in total. The molecule has 228 valence electrons. The first-order chi connectivity index (χ1) is 21.0. The molecule has 1 aromatic heterocycles. The number of halogens is 4. The molecular weight excluding hydrogens is 645 g/mol. The second-order valence-corrected chi connectivity index (χ2v) is 10.4. The second-order valence-electron chi connectivity index (χ2n) is 9.48. The molecule has 0 unspecified atom stereocenters. The minimum absolute atomic E-state index is 0.0234. The number of amides is 2. The topological polar surface area (TPSA) is 111 Å². The summed E-state index contributed by atoms with van der Waals surface area (Å²) in [6.45, 7) is -0.216. The van der Waals surface area contributed by atoms with Gasteiger partial charge < -0.3 is 19.7 Å². The summed E-state index contributed by atoms with van der Waals surface area (Å²) in [7, 11) is 2.47. The Morgan fingerprint density at radius 2 is 1.59 bits per heavy atom. The molecule has 0 atom stereocenters. The van der Waals surface area contributed by atoms with Gasteiger partial charge in [-0.25, -0.2) is 9.97 Å². The molecule has 0 aliphatic heterocycles. The van der Waals surface area contributed by atoms with Crippen molar-refractivity contribution in [1.82, 2.24) is 14.9 Å². The summed E-state index contributed by atoms with van der Waals surface area (Å²) in [5.41, 5.74) is 0.837. The quantitative estimate of drug-likeness (QED) is 0.208. The number of nitrogens with one attached hydrogen (secondary N) is 1. The van der Waals surface area contributed by atoms with Crippen LogP contribution in [0.2, 0.25) is 0 Å². The molecule has 4 aromatic rings. The van der Waals surface area contributed by atoms with Gasteiger partial charge in [-0.3, -0.25) is 14.4 Å². The van der Waals surface area contributed by atoms with Gasteiger partial charge in [-0.05, 0) is 63.5 Å². The van der Waals surface area contributed by atoms with Gasteiger partial charge in [-0.15, -0.1) is 0 Å². The first kappa shape index (κ1) is 32.1. The Balaban J connectivity index is 1.44. The molecule has 0 saturated carbocycles. The zero-order valence-corrected chi connectivity index (χ0v) is 25.1. The van der Waals surface area contributed by atoms with E-state index in [0.717, 1.165) is 21.7 Å². The molecule has 0 aliphatic rings. The maximum atomic E-state index is 13.5. The van der Waals surface area contributed by atoms with E-state index >= 15 is 0 Å². The summed E-state index contributed by atoms with van der Waals surface area (Å²) in [6, 6.07) is 16.4. The van der Waals surface area contributed by atoms with Crippen LogP contribution in [0, 0.1) is 0 Å². The van der Waals surface area contributed by atoms with Gasteiger partial charge in [0.15, 0.2) is 5.82 Å². The van der Waals surface area contributed by atoms with E-state index in [1.807, 2.05) is 0 Å². The lowest BCUT2D eigenvalue weighted by Gasteiger charge is -2.22. The molecule has 0 radical (unpaired) electrons. The summed E-state index contributed by atoms with van der Waals surface area (Å²) in [5, 5.41) is 2.55. The third-order valence-electron chi connectivity index (χ3n) is 6.43. The van der Waals surface area contributed by atoms with Crippen LogP contribution in [0.4, 0.5) is 18.9 Å². The molecule has 2 amide bonds. The van der Waals surface area contributed by atoms with E-state index in [1.54, 1.807) is 36.7 Å².